The number of halogens is 2. The second kappa shape index (κ2) is 8.94. The minimum atomic E-state index is -0.550. The summed E-state index contributed by atoms with van der Waals surface area (Å²) in [7, 11) is 3.68. The van der Waals surface area contributed by atoms with Gasteiger partial charge in [0, 0.05) is 26.7 Å². The third-order valence-corrected chi connectivity index (χ3v) is 2.70. The van der Waals surface area contributed by atoms with Gasteiger partial charge in [-0.1, -0.05) is 0 Å². The molecule has 17 heavy (non-hydrogen) atoms. The lowest BCUT2D eigenvalue weighted by molar-refractivity contribution is -0.123. The van der Waals surface area contributed by atoms with Gasteiger partial charge < -0.3 is 20.7 Å². The molecule has 5 nitrogen and oxygen atoms in total. The maximum atomic E-state index is 11.4. The van der Waals surface area contributed by atoms with Crippen LogP contribution in [0.3, 0.4) is 0 Å². The van der Waals surface area contributed by atoms with Gasteiger partial charge in [0.2, 0.25) is 5.91 Å². The maximum absolute atomic E-state index is 11.4. The standard InChI is InChI=1S/C10H21N3O2.2ClH/c1-13(7-8-15-2)6-5-12-9(14)10(11)3-4-10;;/h3-8,11H2,1-2H3,(H,12,14);2*1H. The predicted octanol–water partition coefficient (Wildman–Crippen LogP) is 0.0157. The van der Waals surface area contributed by atoms with Gasteiger partial charge in [0.25, 0.3) is 0 Å². The molecule has 1 aliphatic carbocycles. The molecule has 1 saturated carbocycles. The number of amides is 1. The minimum absolute atomic E-state index is 0. The van der Waals surface area contributed by atoms with Gasteiger partial charge in [0.1, 0.15) is 0 Å². The number of methoxy groups -OCH3 is 1. The van der Waals surface area contributed by atoms with Gasteiger partial charge in [-0.2, -0.15) is 0 Å². The van der Waals surface area contributed by atoms with E-state index in [4.69, 9.17) is 10.5 Å². The third-order valence-electron chi connectivity index (χ3n) is 2.70. The Morgan fingerprint density at radius 2 is 2.00 bits per heavy atom. The third kappa shape index (κ3) is 7.06. The lowest BCUT2D eigenvalue weighted by Gasteiger charge is -2.17. The Morgan fingerprint density at radius 1 is 1.41 bits per heavy atom. The molecule has 0 saturated heterocycles. The lowest BCUT2D eigenvalue weighted by Crippen LogP contribution is -2.45. The smallest absolute Gasteiger partial charge is 0.240 e. The minimum Gasteiger partial charge on any atom is -0.383 e. The Hall–Kier alpha value is -0.0700. The van der Waals surface area contributed by atoms with Gasteiger partial charge in [-0.25, -0.2) is 0 Å². The number of carbonyl (C=O) groups excluding carboxylic acids is 1. The summed E-state index contributed by atoms with van der Waals surface area (Å²) < 4.78 is 4.96. The van der Waals surface area contributed by atoms with Gasteiger partial charge in [-0.15, -0.1) is 24.8 Å². The average molecular weight is 288 g/mol. The summed E-state index contributed by atoms with van der Waals surface area (Å²) in [5.74, 6) is -0.0114. The zero-order chi connectivity index (χ0) is 11.3. The number of carbonyl (C=O) groups is 1. The Labute approximate surface area is 115 Å². The molecule has 1 aliphatic rings. The highest BCUT2D eigenvalue weighted by Crippen LogP contribution is 2.31. The first kappa shape index (κ1) is 19.3. The van der Waals surface area contributed by atoms with Crippen molar-refractivity contribution in [1.29, 1.82) is 0 Å². The van der Waals surface area contributed by atoms with E-state index >= 15 is 0 Å². The first-order chi connectivity index (χ1) is 7.08. The van der Waals surface area contributed by atoms with Crippen molar-refractivity contribution in [1.82, 2.24) is 10.2 Å². The molecule has 3 N–H and O–H groups in total. The van der Waals surface area contributed by atoms with Gasteiger partial charge in [-0.3, -0.25) is 4.79 Å². The Balaban J connectivity index is 0. The molecule has 1 rings (SSSR count). The van der Waals surface area contributed by atoms with Crippen LogP contribution in [0.1, 0.15) is 12.8 Å². The van der Waals surface area contributed by atoms with Crippen molar-refractivity contribution in [3.05, 3.63) is 0 Å². The van der Waals surface area contributed by atoms with E-state index in [1.807, 2.05) is 7.05 Å². The molecular formula is C10H23Cl2N3O2. The van der Waals surface area contributed by atoms with Crippen molar-refractivity contribution in [3.8, 4) is 0 Å². The molecule has 104 valence electrons. The van der Waals surface area contributed by atoms with Crippen LogP contribution in [0.4, 0.5) is 0 Å². The van der Waals surface area contributed by atoms with Crippen molar-refractivity contribution >= 4 is 30.7 Å². The molecule has 0 atom stereocenters. The monoisotopic (exact) mass is 287 g/mol. The number of nitrogens with two attached hydrogens (primary N) is 1. The second-order valence-electron chi connectivity index (χ2n) is 4.21. The number of rotatable bonds is 7. The summed E-state index contributed by atoms with van der Waals surface area (Å²) in [6, 6.07) is 0. The van der Waals surface area contributed by atoms with Crippen molar-refractivity contribution in [3.63, 3.8) is 0 Å². The van der Waals surface area contributed by atoms with E-state index in [1.54, 1.807) is 7.11 Å². The van der Waals surface area contributed by atoms with Gasteiger partial charge in [0.05, 0.1) is 12.1 Å². The van der Waals surface area contributed by atoms with E-state index in [-0.39, 0.29) is 30.7 Å². The summed E-state index contributed by atoms with van der Waals surface area (Å²) in [6.45, 7) is 3.06. The van der Waals surface area contributed by atoms with Crippen LogP contribution in [0.25, 0.3) is 0 Å². The van der Waals surface area contributed by atoms with Crippen LogP contribution in [-0.4, -0.2) is 56.7 Å². The second-order valence-corrected chi connectivity index (χ2v) is 4.21. The quantitative estimate of drug-likeness (QED) is 0.693. The van der Waals surface area contributed by atoms with Crippen LogP contribution in [0.5, 0.6) is 0 Å². The van der Waals surface area contributed by atoms with Crippen LogP contribution >= 0.6 is 24.8 Å². The molecular weight excluding hydrogens is 265 g/mol. The van der Waals surface area contributed by atoms with Crippen LogP contribution in [0, 0.1) is 0 Å². The highest BCUT2D eigenvalue weighted by molar-refractivity contribution is 5.88. The van der Waals surface area contributed by atoms with E-state index in [2.05, 4.69) is 10.2 Å². The van der Waals surface area contributed by atoms with Crippen LogP contribution in [0.15, 0.2) is 0 Å². The summed E-state index contributed by atoms with van der Waals surface area (Å²) >= 11 is 0. The van der Waals surface area contributed by atoms with E-state index < -0.39 is 5.54 Å². The van der Waals surface area contributed by atoms with Crippen molar-refractivity contribution in [2.45, 2.75) is 18.4 Å². The van der Waals surface area contributed by atoms with Crippen molar-refractivity contribution in [2.75, 3.05) is 40.4 Å². The number of nitrogens with zero attached hydrogens (tertiary/aromatic N) is 1. The lowest BCUT2D eigenvalue weighted by atomic mass is 10.3. The SMILES string of the molecule is COCCN(C)CCNC(=O)C1(N)CC1.Cl.Cl. The first-order valence-corrected chi connectivity index (χ1v) is 5.33. The van der Waals surface area contributed by atoms with Gasteiger partial charge in [-0.05, 0) is 19.9 Å². The van der Waals surface area contributed by atoms with Crippen LogP contribution in [0.2, 0.25) is 0 Å². The fourth-order valence-corrected chi connectivity index (χ4v) is 1.26. The molecule has 0 unspecified atom stereocenters. The van der Waals surface area contributed by atoms with Crippen LogP contribution < -0.4 is 11.1 Å². The molecule has 1 amide bonds. The molecule has 0 spiro atoms. The zero-order valence-corrected chi connectivity index (χ0v) is 12.0. The number of likely N-dealkylation sites (N-methyl/N-ethyl adjacent to an activating group) is 1. The van der Waals surface area contributed by atoms with Crippen LogP contribution in [-0.2, 0) is 9.53 Å². The maximum Gasteiger partial charge on any atom is 0.240 e. The summed E-state index contributed by atoms with van der Waals surface area (Å²) in [4.78, 5) is 13.6. The summed E-state index contributed by atoms with van der Waals surface area (Å²) in [5.41, 5.74) is 5.19. The van der Waals surface area contributed by atoms with E-state index in [1.165, 1.54) is 0 Å². The average Bonchev–Trinajstić information content (AvgIpc) is 2.94. The summed E-state index contributed by atoms with van der Waals surface area (Å²) in [6.07, 6.45) is 1.64. The Morgan fingerprint density at radius 3 is 2.47 bits per heavy atom. The van der Waals surface area contributed by atoms with Gasteiger partial charge in [0.15, 0.2) is 0 Å². The van der Waals surface area contributed by atoms with E-state index in [0.29, 0.717) is 13.2 Å². The first-order valence-electron chi connectivity index (χ1n) is 5.33. The number of nitrogens with one attached hydrogen (secondary N) is 1. The molecule has 0 aliphatic heterocycles. The molecule has 0 aromatic carbocycles. The van der Waals surface area contributed by atoms with E-state index in [9.17, 15) is 4.79 Å². The predicted molar refractivity (Wildman–Crippen MR) is 73.0 cm³/mol. The van der Waals surface area contributed by atoms with Crippen molar-refractivity contribution < 1.29 is 9.53 Å². The number of hydrogen-bond donors (Lipinski definition) is 2. The molecule has 0 aromatic heterocycles. The number of ether oxygens (including phenoxy) is 1. The van der Waals surface area contributed by atoms with Crippen molar-refractivity contribution in [2.24, 2.45) is 5.73 Å². The van der Waals surface area contributed by atoms with E-state index in [0.717, 1.165) is 25.9 Å². The molecule has 0 aromatic rings. The topological polar surface area (TPSA) is 67.6 Å². The fraction of sp³-hybridized carbons (Fsp3) is 0.900. The molecule has 0 bridgehead atoms. The Kier molecular flexibility index (Phi) is 10.1. The fourth-order valence-electron chi connectivity index (χ4n) is 1.26. The molecule has 0 heterocycles. The molecule has 0 radical (unpaired) electrons. The molecule has 1 fully saturated rings. The molecule has 7 heteroatoms. The normalized spacial score (nSPS) is 15.8. The number of hydrogen-bond acceptors (Lipinski definition) is 4. The highest BCUT2D eigenvalue weighted by Gasteiger charge is 2.45. The Bertz CT molecular complexity index is 226. The largest absolute Gasteiger partial charge is 0.383 e. The highest BCUT2D eigenvalue weighted by atomic mass is 35.5. The zero-order valence-electron chi connectivity index (χ0n) is 10.4. The van der Waals surface area contributed by atoms with Gasteiger partial charge >= 0.3 is 0 Å². The summed E-state index contributed by atoms with van der Waals surface area (Å²) in [5, 5.41) is 2.85.